The summed E-state index contributed by atoms with van der Waals surface area (Å²) in [6.45, 7) is 2.22. The van der Waals surface area contributed by atoms with Gasteiger partial charge in [0.1, 0.15) is 17.6 Å². The zero-order valence-electron chi connectivity index (χ0n) is 26.0. The van der Waals surface area contributed by atoms with Gasteiger partial charge in [-0.2, -0.15) is 0 Å². The molecule has 0 radical (unpaired) electrons. The van der Waals surface area contributed by atoms with Crippen LogP contribution in [-0.4, -0.2) is 24.0 Å². The van der Waals surface area contributed by atoms with Gasteiger partial charge in [-0.3, -0.25) is 10.4 Å². The molecule has 2 N–H and O–H groups in total. The lowest BCUT2D eigenvalue weighted by Gasteiger charge is -2.28. The molecule has 5 aromatic carbocycles. The number of amidine groups is 1. The van der Waals surface area contributed by atoms with Crippen LogP contribution in [0.3, 0.4) is 0 Å². The van der Waals surface area contributed by atoms with Crippen LogP contribution < -0.4 is 5.32 Å². The predicted molar refractivity (Wildman–Crippen MR) is 192 cm³/mol. The van der Waals surface area contributed by atoms with Crippen molar-refractivity contribution < 1.29 is 4.42 Å². The van der Waals surface area contributed by atoms with Crippen LogP contribution in [0.2, 0.25) is 0 Å². The number of nitrogens with zero attached hydrogens (tertiary/aromatic N) is 2. The van der Waals surface area contributed by atoms with Crippen molar-refractivity contribution in [1.82, 2.24) is 4.90 Å². The second-order valence-corrected chi connectivity index (χ2v) is 11.8. The van der Waals surface area contributed by atoms with Crippen molar-refractivity contribution >= 4 is 45.4 Å². The van der Waals surface area contributed by atoms with Crippen LogP contribution in [-0.2, 0) is 0 Å². The summed E-state index contributed by atoms with van der Waals surface area (Å²) in [6, 6.07) is 41.1. The highest BCUT2D eigenvalue weighted by Gasteiger charge is 2.21. The first-order chi connectivity index (χ1) is 22.6. The second kappa shape index (κ2) is 12.7. The Morgan fingerprint density at radius 2 is 1.59 bits per heavy atom. The minimum Gasteiger partial charge on any atom is -0.454 e. The molecule has 0 aliphatic heterocycles. The summed E-state index contributed by atoms with van der Waals surface area (Å²) < 4.78 is 6.46. The first-order valence-electron chi connectivity index (χ1n) is 15.7. The highest BCUT2D eigenvalue weighted by Crippen LogP contribution is 2.41. The Morgan fingerprint density at radius 1 is 0.870 bits per heavy atom. The molecule has 0 fully saturated rings. The van der Waals surface area contributed by atoms with Crippen LogP contribution in [0, 0.1) is 11.3 Å². The first-order valence-corrected chi connectivity index (χ1v) is 15.7. The van der Waals surface area contributed by atoms with Crippen LogP contribution >= 0.6 is 0 Å². The molecule has 2 atom stereocenters. The molecule has 1 heterocycles. The number of benzene rings is 5. The Kier molecular flexibility index (Phi) is 8.05. The van der Waals surface area contributed by atoms with Crippen molar-refractivity contribution in [2.75, 3.05) is 12.4 Å². The summed E-state index contributed by atoms with van der Waals surface area (Å²) in [5.74, 6) is 0.819. The first kappa shape index (κ1) is 29.1. The molecule has 0 spiro atoms. The summed E-state index contributed by atoms with van der Waals surface area (Å²) in [5, 5.41) is 14.9. The Labute approximate surface area is 269 Å². The van der Waals surface area contributed by atoms with Gasteiger partial charge in [0.2, 0.25) is 0 Å². The number of allylic oxidation sites excluding steroid dienone is 4. The molecule has 1 aliphatic carbocycles. The van der Waals surface area contributed by atoms with Gasteiger partial charge in [0, 0.05) is 40.8 Å². The Balaban J connectivity index is 1.25. The number of rotatable bonds is 8. The van der Waals surface area contributed by atoms with Crippen LogP contribution in [0.4, 0.5) is 11.4 Å². The zero-order chi connectivity index (χ0) is 31.5. The SMILES string of the molecule is CC1CC=CC=C1C=NC(c1ccc(Nc2c(-c3ccccc3)ccc3c2oc2ccccc23)cc1)N(C)C(=N)c1ccccc1. The summed E-state index contributed by atoms with van der Waals surface area (Å²) in [7, 11) is 1.94. The highest BCUT2D eigenvalue weighted by molar-refractivity contribution is 6.12. The van der Waals surface area contributed by atoms with Crippen molar-refractivity contribution in [3.05, 3.63) is 156 Å². The van der Waals surface area contributed by atoms with Crippen molar-refractivity contribution in [3.63, 3.8) is 0 Å². The van der Waals surface area contributed by atoms with E-state index in [-0.39, 0.29) is 6.17 Å². The van der Waals surface area contributed by atoms with E-state index in [1.54, 1.807) is 0 Å². The minimum atomic E-state index is -0.376. The lowest BCUT2D eigenvalue weighted by molar-refractivity contribution is 0.387. The molecule has 0 saturated heterocycles. The number of fused-ring (bicyclic) bond motifs is 3. The van der Waals surface area contributed by atoms with Crippen LogP contribution in [0.5, 0.6) is 0 Å². The van der Waals surface area contributed by atoms with E-state index in [4.69, 9.17) is 14.8 Å². The summed E-state index contributed by atoms with van der Waals surface area (Å²) in [5.41, 5.74) is 8.77. The molecule has 7 rings (SSSR count). The molecule has 5 nitrogen and oxygen atoms in total. The van der Waals surface area contributed by atoms with Crippen LogP contribution in [0.25, 0.3) is 33.1 Å². The Morgan fingerprint density at radius 3 is 2.35 bits per heavy atom. The number of nitrogens with one attached hydrogen (secondary N) is 2. The number of para-hydroxylation sites is 1. The highest BCUT2D eigenvalue weighted by atomic mass is 16.3. The largest absolute Gasteiger partial charge is 0.454 e. The number of hydrogen-bond acceptors (Lipinski definition) is 4. The van der Waals surface area contributed by atoms with Gasteiger partial charge in [-0.1, -0.05) is 122 Å². The van der Waals surface area contributed by atoms with Crippen molar-refractivity contribution in [1.29, 1.82) is 5.41 Å². The molecule has 2 unspecified atom stereocenters. The standard InChI is InChI=1S/C41H36N4O/c1-28-13-9-10-18-32(28)27-43-41(45(2)40(42)30-16-7-4-8-17-30)31-21-23-33(24-22-31)44-38-34(29-14-5-3-6-15-29)25-26-36-35-19-11-12-20-37(35)46-39(36)38/h3-12,14-28,41-42,44H,13H2,1-2H3. The molecule has 0 saturated carbocycles. The maximum atomic E-state index is 9.00. The lowest BCUT2D eigenvalue weighted by atomic mass is 9.94. The van der Waals surface area contributed by atoms with Gasteiger partial charge in [-0.05, 0) is 53.3 Å². The third-order valence-electron chi connectivity index (χ3n) is 8.72. The zero-order valence-corrected chi connectivity index (χ0v) is 26.0. The molecule has 226 valence electrons. The molecule has 0 amide bonds. The van der Waals surface area contributed by atoms with E-state index in [1.807, 2.05) is 72.8 Å². The number of anilines is 2. The Hall–Kier alpha value is -5.68. The van der Waals surface area contributed by atoms with E-state index in [2.05, 4.69) is 97.2 Å². The summed E-state index contributed by atoms with van der Waals surface area (Å²) in [6.07, 6.45) is 9.03. The van der Waals surface area contributed by atoms with Crippen molar-refractivity contribution in [3.8, 4) is 11.1 Å². The van der Waals surface area contributed by atoms with E-state index in [0.717, 1.165) is 62.0 Å². The van der Waals surface area contributed by atoms with Gasteiger partial charge in [0.05, 0.1) is 5.69 Å². The fraction of sp³-hybridized carbons (Fsp3) is 0.122. The summed E-state index contributed by atoms with van der Waals surface area (Å²) in [4.78, 5) is 7.00. The van der Waals surface area contributed by atoms with Gasteiger partial charge < -0.3 is 14.6 Å². The molecule has 5 heteroatoms. The van der Waals surface area contributed by atoms with E-state index >= 15 is 0 Å². The van der Waals surface area contributed by atoms with Crippen LogP contribution in [0.15, 0.2) is 155 Å². The monoisotopic (exact) mass is 600 g/mol. The van der Waals surface area contributed by atoms with E-state index in [0.29, 0.717) is 11.8 Å². The van der Waals surface area contributed by atoms with Crippen LogP contribution in [0.1, 0.15) is 30.6 Å². The minimum absolute atomic E-state index is 0.376. The number of aliphatic imine (C=N–C) groups is 1. The topological polar surface area (TPSA) is 64.6 Å². The summed E-state index contributed by atoms with van der Waals surface area (Å²) >= 11 is 0. The molecule has 0 bridgehead atoms. The number of hydrogen-bond donors (Lipinski definition) is 2. The number of furan rings is 1. The average Bonchev–Trinajstić information content (AvgIpc) is 3.49. The molecular weight excluding hydrogens is 564 g/mol. The third kappa shape index (κ3) is 5.75. The maximum absolute atomic E-state index is 9.00. The third-order valence-corrected chi connectivity index (χ3v) is 8.72. The normalized spacial score (nSPS) is 15.3. The van der Waals surface area contributed by atoms with Gasteiger partial charge in [-0.15, -0.1) is 0 Å². The van der Waals surface area contributed by atoms with Gasteiger partial charge >= 0.3 is 0 Å². The lowest BCUT2D eigenvalue weighted by Crippen LogP contribution is -2.30. The van der Waals surface area contributed by atoms with Crippen molar-refractivity contribution in [2.45, 2.75) is 19.5 Å². The van der Waals surface area contributed by atoms with Gasteiger partial charge in [0.25, 0.3) is 0 Å². The molecule has 1 aliphatic rings. The molecule has 46 heavy (non-hydrogen) atoms. The molecule has 1 aromatic heterocycles. The fourth-order valence-corrected chi connectivity index (χ4v) is 6.07. The quantitative estimate of drug-likeness (QED) is 0.135. The smallest absolute Gasteiger partial charge is 0.159 e. The average molecular weight is 601 g/mol. The van der Waals surface area contributed by atoms with Gasteiger partial charge in [-0.25, -0.2) is 0 Å². The molecular formula is C41H36N4O. The Bertz CT molecular complexity index is 2090. The second-order valence-electron chi connectivity index (χ2n) is 11.8. The van der Waals surface area contributed by atoms with Gasteiger partial charge in [0.15, 0.2) is 5.58 Å². The van der Waals surface area contributed by atoms with Crippen molar-refractivity contribution in [2.24, 2.45) is 10.9 Å². The van der Waals surface area contributed by atoms with E-state index < -0.39 is 0 Å². The molecule has 6 aromatic rings. The predicted octanol–water partition coefficient (Wildman–Crippen LogP) is 10.5. The maximum Gasteiger partial charge on any atom is 0.159 e. The fourth-order valence-electron chi connectivity index (χ4n) is 6.07. The van der Waals surface area contributed by atoms with E-state index in [9.17, 15) is 0 Å². The van der Waals surface area contributed by atoms with E-state index in [1.165, 1.54) is 5.57 Å².